The summed E-state index contributed by atoms with van der Waals surface area (Å²) in [6, 6.07) is -0.346. The van der Waals surface area contributed by atoms with Crippen molar-refractivity contribution in [3.8, 4) is 0 Å². The van der Waals surface area contributed by atoms with E-state index in [0.29, 0.717) is 13.2 Å². The summed E-state index contributed by atoms with van der Waals surface area (Å²) >= 11 is 0. The lowest BCUT2D eigenvalue weighted by Crippen LogP contribution is -2.43. The van der Waals surface area contributed by atoms with Crippen molar-refractivity contribution in [2.24, 2.45) is 5.92 Å². The third-order valence-corrected chi connectivity index (χ3v) is 3.24. The number of hydrogen-bond acceptors (Lipinski definition) is 3. The molecule has 2 unspecified atom stereocenters. The Morgan fingerprint density at radius 1 is 1.41 bits per heavy atom. The maximum Gasteiger partial charge on any atom is 0.328 e. The van der Waals surface area contributed by atoms with Gasteiger partial charge in [0.2, 0.25) is 5.91 Å². The van der Waals surface area contributed by atoms with Gasteiger partial charge in [0.05, 0.1) is 6.61 Å². The first kappa shape index (κ1) is 14.0. The number of esters is 1. The standard InChI is InChI=1S/C13H23NO3/c1-4-7-10(3)12(15)14-9-6-8-11(14)13(16)17-5-2/h10-11H,4-9H2,1-3H3. The lowest BCUT2D eigenvalue weighted by molar-refractivity contribution is -0.154. The molecular formula is C13H23NO3. The van der Waals surface area contributed by atoms with Crippen molar-refractivity contribution in [3.05, 3.63) is 0 Å². The van der Waals surface area contributed by atoms with Gasteiger partial charge in [-0.3, -0.25) is 4.79 Å². The highest BCUT2D eigenvalue weighted by Gasteiger charge is 2.36. The lowest BCUT2D eigenvalue weighted by atomic mass is 10.0. The molecule has 2 atom stereocenters. The van der Waals surface area contributed by atoms with Crippen LogP contribution in [0.2, 0.25) is 0 Å². The Bertz CT molecular complexity index is 278. The highest BCUT2D eigenvalue weighted by atomic mass is 16.5. The summed E-state index contributed by atoms with van der Waals surface area (Å²) in [5.41, 5.74) is 0. The molecule has 4 nitrogen and oxygen atoms in total. The fourth-order valence-corrected chi connectivity index (χ4v) is 2.35. The number of carbonyl (C=O) groups is 2. The van der Waals surface area contributed by atoms with Crippen LogP contribution in [0.25, 0.3) is 0 Å². The topological polar surface area (TPSA) is 46.6 Å². The predicted molar refractivity (Wildman–Crippen MR) is 65.4 cm³/mol. The quantitative estimate of drug-likeness (QED) is 0.691. The molecule has 0 bridgehead atoms. The van der Waals surface area contributed by atoms with Crippen LogP contribution in [0.4, 0.5) is 0 Å². The fraction of sp³-hybridized carbons (Fsp3) is 0.846. The van der Waals surface area contributed by atoms with Crippen molar-refractivity contribution in [3.63, 3.8) is 0 Å². The molecule has 0 aliphatic carbocycles. The maximum atomic E-state index is 12.2. The Labute approximate surface area is 103 Å². The number of hydrogen-bond donors (Lipinski definition) is 0. The average Bonchev–Trinajstić information content (AvgIpc) is 2.77. The van der Waals surface area contributed by atoms with Crippen molar-refractivity contribution >= 4 is 11.9 Å². The minimum Gasteiger partial charge on any atom is -0.464 e. The number of ether oxygens (including phenoxy) is 1. The summed E-state index contributed by atoms with van der Waals surface area (Å²) in [6.45, 7) is 6.86. The SMILES string of the molecule is CCCC(C)C(=O)N1CCCC1C(=O)OCC. The smallest absolute Gasteiger partial charge is 0.328 e. The molecule has 0 saturated carbocycles. The van der Waals surface area contributed by atoms with Crippen molar-refractivity contribution in [2.45, 2.75) is 52.5 Å². The first-order chi connectivity index (χ1) is 8.11. The molecule has 0 aromatic carbocycles. The van der Waals surface area contributed by atoms with E-state index in [-0.39, 0.29) is 23.8 Å². The van der Waals surface area contributed by atoms with Gasteiger partial charge in [0.15, 0.2) is 0 Å². The van der Waals surface area contributed by atoms with Crippen LogP contribution in [0.3, 0.4) is 0 Å². The van der Waals surface area contributed by atoms with E-state index in [0.717, 1.165) is 25.7 Å². The van der Waals surface area contributed by atoms with Crippen molar-refractivity contribution < 1.29 is 14.3 Å². The van der Waals surface area contributed by atoms with Gasteiger partial charge in [-0.15, -0.1) is 0 Å². The summed E-state index contributed by atoms with van der Waals surface area (Å²) in [5.74, 6) is -0.139. The average molecular weight is 241 g/mol. The van der Waals surface area contributed by atoms with Crippen LogP contribution in [0.5, 0.6) is 0 Å². The van der Waals surface area contributed by atoms with Gasteiger partial charge in [-0.1, -0.05) is 20.3 Å². The molecule has 1 saturated heterocycles. The molecule has 1 amide bonds. The molecule has 0 radical (unpaired) electrons. The molecule has 1 aliphatic rings. The molecule has 1 rings (SSSR count). The van der Waals surface area contributed by atoms with Gasteiger partial charge < -0.3 is 9.64 Å². The van der Waals surface area contributed by atoms with Gasteiger partial charge in [0.25, 0.3) is 0 Å². The number of nitrogens with zero attached hydrogens (tertiary/aromatic N) is 1. The van der Waals surface area contributed by atoms with E-state index in [1.165, 1.54) is 0 Å². The zero-order valence-corrected chi connectivity index (χ0v) is 11.1. The van der Waals surface area contributed by atoms with E-state index in [4.69, 9.17) is 4.74 Å². The van der Waals surface area contributed by atoms with Crippen molar-refractivity contribution in [2.75, 3.05) is 13.2 Å². The maximum absolute atomic E-state index is 12.2. The van der Waals surface area contributed by atoms with Crippen LogP contribution in [-0.4, -0.2) is 36.0 Å². The largest absolute Gasteiger partial charge is 0.464 e. The molecule has 1 aliphatic heterocycles. The molecule has 4 heteroatoms. The minimum atomic E-state index is -0.346. The zero-order valence-electron chi connectivity index (χ0n) is 11.1. The zero-order chi connectivity index (χ0) is 12.8. The Morgan fingerprint density at radius 3 is 2.71 bits per heavy atom. The van der Waals surface area contributed by atoms with Crippen LogP contribution in [-0.2, 0) is 14.3 Å². The Hall–Kier alpha value is -1.06. The molecule has 0 spiro atoms. The van der Waals surface area contributed by atoms with Gasteiger partial charge in [-0.2, -0.15) is 0 Å². The van der Waals surface area contributed by atoms with Gasteiger partial charge in [-0.05, 0) is 26.2 Å². The van der Waals surface area contributed by atoms with Crippen LogP contribution < -0.4 is 0 Å². The molecule has 1 fully saturated rings. The molecule has 0 aromatic heterocycles. The number of rotatable bonds is 5. The van der Waals surface area contributed by atoms with Crippen LogP contribution in [0.15, 0.2) is 0 Å². The summed E-state index contributed by atoms with van der Waals surface area (Å²) < 4.78 is 5.01. The molecule has 0 N–H and O–H groups in total. The monoisotopic (exact) mass is 241 g/mol. The summed E-state index contributed by atoms with van der Waals surface area (Å²) in [6.07, 6.45) is 3.51. The molecular weight excluding hydrogens is 218 g/mol. The molecule has 0 aromatic rings. The third-order valence-electron chi connectivity index (χ3n) is 3.24. The van der Waals surface area contributed by atoms with Crippen molar-refractivity contribution in [1.82, 2.24) is 4.90 Å². The van der Waals surface area contributed by atoms with E-state index in [2.05, 4.69) is 6.92 Å². The highest BCUT2D eigenvalue weighted by molar-refractivity contribution is 5.86. The highest BCUT2D eigenvalue weighted by Crippen LogP contribution is 2.22. The summed E-state index contributed by atoms with van der Waals surface area (Å²) in [5, 5.41) is 0. The van der Waals surface area contributed by atoms with E-state index in [1.807, 2.05) is 6.92 Å². The minimum absolute atomic E-state index is 0.00928. The van der Waals surface area contributed by atoms with Crippen LogP contribution in [0.1, 0.15) is 46.5 Å². The van der Waals surface area contributed by atoms with Gasteiger partial charge in [-0.25, -0.2) is 4.79 Å². The summed E-state index contributed by atoms with van der Waals surface area (Å²) in [7, 11) is 0. The van der Waals surface area contributed by atoms with Gasteiger partial charge >= 0.3 is 5.97 Å². The fourth-order valence-electron chi connectivity index (χ4n) is 2.35. The normalized spacial score (nSPS) is 21.4. The van der Waals surface area contributed by atoms with E-state index in [9.17, 15) is 9.59 Å². The molecule has 1 heterocycles. The van der Waals surface area contributed by atoms with Gasteiger partial charge in [0, 0.05) is 12.5 Å². The number of carbonyl (C=O) groups excluding carboxylic acids is 2. The molecule has 98 valence electrons. The lowest BCUT2D eigenvalue weighted by Gasteiger charge is -2.25. The predicted octanol–water partition coefficient (Wildman–Crippen LogP) is 1.98. The second-order valence-electron chi connectivity index (χ2n) is 4.63. The van der Waals surface area contributed by atoms with Crippen LogP contribution in [0, 0.1) is 5.92 Å². The van der Waals surface area contributed by atoms with Crippen LogP contribution >= 0.6 is 0 Å². The number of likely N-dealkylation sites (tertiary alicyclic amines) is 1. The Morgan fingerprint density at radius 2 is 2.12 bits per heavy atom. The second-order valence-corrected chi connectivity index (χ2v) is 4.63. The Balaban J connectivity index is 2.62. The van der Waals surface area contributed by atoms with E-state index < -0.39 is 0 Å². The van der Waals surface area contributed by atoms with E-state index >= 15 is 0 Å². The number of amides is 1. The summed E-state index contributed by atoms with van der Waals surface area (Å²) in [4.78, 5) is 25.6. The van der Waals surface area contributed by atoms with Gasteiger partial charge in [0.1, 0.15) is 6.04 Å². The Kier molecular flexibility index (Phi) is 5.45. The first-order valence-electron chi connectivity index (χ1n) is 6.58. The third kappa shape index (κ3) is 3.45. The van der Waals surface area contributed by atoms with E-state index in [1.54, 1.807) is 11.8 Å². The first-order valence-corrected chi connectivity index (χ1v) is 6.58. The molecule has 17 heavy (non-hydrogen) atoms. The second kappa shape index (κ2) is 6.62. The van der Waals surface area contributed by atoms with Crippen molar-refractivity contribution in [1.29, 1.82) is 0 Å².